The molecular formula is C12H17N2+. The van der Waals surface area contributed by atoms with E-state index in [4.69, 9.17) is 5.26 Å². The molecule has 0 unspecified atom stereocenters. The van der Waals surface area contributed by atoms with E-state index in [9.17, 15) is 0 Å². The third-order valence-corrected chi connectivity index (χ3v) is 2.36. The van der Waals surface area contributed by atoms with Crippen molar-refractivity contribution in [3.05, 3.63) is 30.1 Å². The maximum Gasteiger partial charge on any atom is 0.178 e. The van der Waals surface area contributed by atoms with Crippen LogP contribution in [-0.2, 0) is 6.54 Å². The molecule has 0 N–H and O–H groups in total. The van der Waals surface area contributed by atoms with Crippen molar-refractivity contribution in [2.75, 3.05) is 0 Å². The quantitative estimate of drug-likeness (QED) is 0.516. The van der Waals surface area contributed by atoms with Gasteiger partial charge in [0.15, 0.2) is 11.9 Å². The Morgan fingerprint density at radius 3 is 2.86 bits per heavy atom. The second-order valence-electron chi connectivity index (χ2n) is 3.50. The second-order valence-corrected chi connectivity index (χ2v) is 3.50. The number of pyridine rings is 1. The lowest BCUT2D eigenvalue weighted by Crippen LogP contribution is -2.36. The van der Waals surface area contributed by atoms with Gasteiger partial charge >= 0.3 is 0 Å². The fraction of sp³-hybridized carbons (Fsp3) is 0.500. The minimum Gasteiger partial charge on any atom is -0.203 e. The lowest BCUT2D eigenvalue weighted by atomic mass is 10.2. The first kappa shape index (κ1) is 10.7. The highest BCUT2D eigenvalue weighted by molar-refractivity contribution is 4.93. The van der Waals surface area contributed by atoms with Gasteiger partial charge in [-0.3, -0.25) is 0 Å². The van der Waals surface area contributed by atoms with Crippen LogP contribution in [-0.4, -0.2) is 0 Å². The average molecular weight is 189 g/mol. The molecule has 1 aromatic rings. The van der Waals surface area contributed by atoms with E-state index in [2.05, 4.69) is 42.0 Å². The van der Waals surface area contributed by atoms with E-state index in [-0.39, 0.29) is 0 Å². The molecule has 0 aliphatic rings. The predicted molar refractivity (Wildman–Crippen MR) is 55.5 cm³/mol. The molecule has 1 heterocycles. The minimum atomic E-state index is 0.693. The Labute approximate surface area is 85.8 Å². The third-order valence-electron chi connectivity index (χ3n) is 2.36. The topological polar surface area (TPSA) is 27.7 Å². The molecule has 0 spiro atoms. The molecule has 2 nitrogen and oxygen atoms in total. The van der Waals surface area contributed by atoms with Crippen molar-refractivity contribution in [2.45, 2.75) is 39.2 Å². The number of rotatable bonds is 5. The highest BCUT2D eigenvalue weighted by atomic mass is 14.9. The molecule has 0 radical (unpaired) electrons. The van der Waals surface area contributed by atoms with Crippen LogP contribution in [0.2, 0.25) is 0 Å². The Balaban J connectivity index is 2.25. The molecule has 0 amide bonds. The van der Waals surface area contributed by atoms with Gasteiger partial charge in [-0.05, 0) is 12.8 Å². The molecule has 1 aromatic heterocycles. The van der Waals surface area contributed by atoms with Crippen molar-refractivity contribution in [3.8, 4) is 6.07 Å². The van der Waals surface area contributed by atoms with Crippen molar-refractivity contribution < 1.29 is 4.57 Å². The van der Waals surface area contributed by atoms with Crippen molar-refractivity contribution in [1.29, 1.82) is 5.26 Å². The molecule has 0 saturated heterocycles. The van der Waals surface area contributed by atoms with Gasteiger partial charge in [0.25, 0.3) is 0 Å². The maximum absolute atomic E-state index is 8.37. The Kier molecular flexibility index (Phi) is 4.71. The number of nitrogens with zero attached hydrogens (tertiary/aromatic N) is 2. The summed E-state index contributed by atoms with van der Waals surface area (Å²) >= 11 is 0. The summed E-state index contributed by atoms with van der Waals surface area (Å²) in [6.45, 7) is 3.19. The van der Waals surface area contributed by atoms with Gasteiger partial charge in [0.05, 0.1) is 6.07 Å². The van der Waals surface area contributed by atoms with Gasteiger partial charge in [-0.15, -0.1) is 0 Å². The Hall–Kier alpha value is -1.36. The van der Waals surface area contributed by atoms with Crippen LogP contribution >= 0.6 is 0 Å². The number of hydrogen-bond donors (Lipinski definition) is 0. The monoisotopic (exact) mass is 189 g/mol. The Bertz CT molecular complexity index is 312. The van der Waals surface area contributed by atoms with Crippen LogP contribution in [0.25, 0.3) is 0 Å². The second kappa shape index (κ2) is 6.15. The van der Waals surface area contributed by atoms with E-state index < -0.39 is 0 Å². The molecule has 74 valence electrons. The summed E-state index contributed by atoms with van der Waals surface area (Å²) in [7, 11) is 0. The number of hydrogen-bond acceptors (Lipinski definition) is 1. The number of aromatic nitrogens is 1. The highest BCUT2D eigenvalue weighted by Crippen LogP contribution is 1.99. The zero-order valence-corrected chi connectivity index (χ0v) is 8.74. The smallest absolute Gasteiger partial charge is 0.178 e. The average Bonchev–Trinajstić information content (AvgIpc) is 2.20. The summed E-state index contributed by atoms with van der Waals surface area (Å²) < 4.78 is 2.26. The highest BCUT2D eigenvalue weighted by Gasteiger charge is 2.02. The van der Waals surface area contributed by atoms with Gasteiger partial charge in [0.1, 0.15) is 6.54 Å². The zero-order valence-electron chi connectivity index (χ0n) is 8.74. The summed E-state index contributed by atoms with van der Waals surface area (Å²) in [6, 6.07) is 8.41. The molecule has 14 heavy (non-hydrogen) atoms. The van der Waals surface area contributed by atoms with Crippen LogP contribution in [0.15, 0.2) is 24.4 Å². The van der Waals surface area contributed by atoms with Crippen LogP contribution in [0, 0.1) is 18.3 Å². The molecule has 2 heteroatoms. The lowest BCUT2D eigenvalue weighted by Gasteiger charge is -1.98. The largest absolute Gasteiger partial charge is 0.203 e. The number of aryl methyl sites for hydroxylation is 2. The third kappa shape index (κ3) is 3.57. The first-order valence-electron chi connectivity index (χ1n) is 5.16. The summed E-state index contributed by atoms with van der Waals surface area (Å²) in [5.74, 6) is 0. The van der Waals surface area contributed by atoms with Crippen LogP contribution < -0.4 is 4.57 Å². The molecular weight excluding hydrogens is 172 g/mol. The fourth-order valence-corrected chi connectivity index (χ4v) is 1.48. The molecule has 0 atom stereocenters. The molecule has 0 aliphatic carbocycles. The normalized spacial score (nSPS) is 9.71. The summed E-state index contributed by atoms with van der Waals surface area (Å²) in [5, 5.41) is 8.37. The molecule has 0 saturated carbocycles. The van der Waals surface area contributed by atoms with Crippen molar-refractivity contribution in [2.24, 2.45) is 0 Å². The van der Waals surface area contributed by atoms with E-state index in [1.54, 1.807) is 0 Å². The molecule has 1 rings (SSSR count). The number of unbranched alkanes of at least 4 members (excludes halogenated alkanes) is 3. The fourth-order valence-electron chi connectivity index (χ4n) is 1.48. The molecule has 0 bridgehead atoms. The van der Waals surface area contributed by atoms with E-state index in [0.29, 0.717) is 6.42 Å². The summed E-state index contributed by atoms with van der Waals surface area (Å²) in [6.07, 6.45) is 6.15. The van der Waals surface area contributed by atoms with Crippen LogP contribution in [0.1, 0.15) is 31.4 Å². The summed E-state index contributed by atoms with van der Waals surface area (Å²) in [4.78, 5) is 0. The van der Waals surface area contributed by atoms with Crippen LogP contribution in [0.5, 0.6) is 0 Å². The standard InChI is InChI=1S/C12H17N2/c1-12-8-4-7-11-14(12)10-6-3-2-5-9-13/h4,7-8,11H,2-3,5-6,10H2,1H3/q+1. The van der Waals surface area contributed by atoms with E-state index in [1.165, 1.54) is 5.69 Å². The van der Waals surface area contributed by atoms with Gasteiger partial charge in [-0.2, -0.15) is 5.26 Å². The van der Waals surface area contributed by atoms with Gasteiger partial charge in [-0.1, -0.05) is 6.07 Å². The maximum atomic E-state index is 8.37. The van der Waals surface area contributed by atoms with E-state index in [1.807, 2.05) is 0 Å². The lowest BCUT2D eigenvalue weighted by molar-refractivity contribution is -0.703. The first-order chi connectivity index (χ1) is 6.84. The zero-order chi connectivity index (χ0) is 10.2. The van der Waals surface area contributed by atoms with Crippen molar-refractivity contribution in [1.82, 2.24) is 0 Å². The summed E-state index contributed by atoms with van der Waals surface area (Å²) in [5.41, 5.74) is 1.30. The molecule has 0 aliphatic heterocycles. The van der Waals surface area contributed by atoms with Gasteiger partial charge in [0.2, 0.25) is 0 Å². The van der Waals surface area contributed by atoms with E-state index >= 15 is 0 Å². The van der Waals surface area contributed by atoms with Gasteiger partial charge in [0, 0.05) is 31.9 Å². The number of nitriles is 1. The Morgan fingerprint density at radius 1 is 1.29 bits per heavy atom. The SMILES string of the molecule is Cc1cccc[n+]1CCCCCC#N. The van der Waals surface area contributed by atoms with Crippen LogP contribution in [0.3, 0.4) is 0 Å². The first-order valence-corrected chi connectivity index (χ1v) is 5.16. The Morgan fingerprint density at radius 2 is 2.14 bits per heavy atom. The molecule has 0 aromatic carbocycles. The van der Waals surface area contributed by atoms with Crippen molar-refractivity contribution >= 4 is 0 Å². The molecule has 0 fully saturated rings. The minimum absolute atomic E-state index is 0.693. The predicted octanol–water partition coefficient (Wildman–Crippen LogP) is 2.37. The van der Waals surface area contributed by atoms with Crippen molar-refractivity contribution in [3.63, 3.8) is 0 Å². The van der Waals surface area contributed by atoms with E-state index in [0.717, 1.165) is 25.8 Å². The van der Waals surface area contributed by atoms with Gasteiger partial charge < -0.3 is 0 Å². The van der Waals surface area contributed by atoms with Gasteiger partial charge in [-0.25, -0.2) is 4.57 Å². The van der Waals surface area contributed by atoms with Crippen LogP contribution in [0.4, 0.5) is 0 Å².